The molecule has 1 aromatic rings. The van der Waals surface area contributed by atoms with Crippen LogP contribution in [0.1, 0.15) is 89.5 Å². The highest BCUT2D eigenvalue weighted by atomic mass is 16.6. The van der Waals surface area contributed by atoms with Gasteiger partial charge < -0.3 is 30.1 Å². The molecule has 2 rings (SSSR count). The van der Waals surface area contributed by atoms with E-state index >= 15 is 0 Å². The van der Waals surface area contributed by atoms with E-state index in [1.807, 2.05) is 30.3 Å². The summed E-state index contributed by atoms with van der Waals surface area (Å²) in [4.78, 5) is 12.4. The van der Waals surface area contributed by atoms with E-state index in [0.717, 1.165) is 18.4 Å². The Bertz CT molecular complexity index is 692. The third-order valence-corrected chi connectivity index (χ3v) is 6.80. The minimum absolute atomic E-state index is 0.0924. The normalized spacial score (nSPS) is 23.9. The van der Waals surface area contributed by atoms with Crippen LogP contribution in [0.5, 0.6) is 0 Å². The number of amides is 1. The van der Waals surface area contributed by atoms with E-state index in [9.17, 15) is 20.1 Å². The Morgan fingerprint density at radius 1 is 0.889 bits per heavy atom. The van der Waals surface area contributed by atoms with Crippen molar-refractivity contribution in [2.75, 3.05) is 13.2 Å². The van der Waals surface area contributed by atoms with Crippen molar-refractivity contribution in [3.05, 3.63) is 35.9 Å². The first-order chi connectivity index (χ1) is 17.6. The average Bonchev–Trinajstić information content (AvgIpc) is 2.90. The van der Waals surface area contributed by atoms with Crippen LogP contribution in [-0.4, -0.2) is 65.1 Å². The van der Waals surface area contributed by atoms with E-state index in [4.69, 9.17) is 9.47 Å². The molecule has 8 heteroatoms. The van der Waals surface area contributed by atoms with Gasteiger partial charge in [-0.15, -0.1) is 0 Å². The average molecular weight is 509 g/mol. The Balaban J connectivity index is 1.67. The molecule has 5 N–H and O–H groups in total. The second-order valence-corrected chi connectivity index (χ2v) is 9.83. The van der Waals surface area contributed by atoms with Crippen LogP contribution in [-0.2, 0) is 16.1 Å². The number of carbonyl (C=O) groups excluding carboxylic acids is 1. The Hall–Kier alpha value is -1.71. The van der Waals surface area contributed by atoms with Crippen LogP contribution in [0.4, 0.5) is 4.79 Å². The number of aliphatic hydroxyl groups excluding tert-OH is 3. The third kappa shape index (κ3) is 11.6. The lowest BCUT2D eigenvalue weighted by atomic mass is 9.96. The number of hydrogen-bond acceptors (Lipinski definition) is 7. The van der Waals surface area contributed by atoms with Crippen LogP contribution in [0.3, 0.4) is 0 Å². The Morgan fingerprint density at radius 3 is 2.06 bits per heavy atom. The second-order valence-electron chi connectivity index (χ2n) is 9.83. The van der Waals surface area contributed by atoms with Crippen molar-refractivity contribution in [1.82, 2.24) is 10.6 Å². The molecule has 1 fully saturated rings. The lowest BCUT2D eigenvalue weighted by Crippen LogP contribution is -2.67. The smallest absolute Gasteiger partial charge is 0.407 e. The van der Waals surface area contributed by atoms with E-state index < -0.39 is 43.3 Å². The monoisotopic (exact) mass is 508 g/mol. The van der Waals surface area contributed by atoms with E-state index in [-0.39, 0.29) is 6.61 Å². The van der Waals surface area contributed by atoms with Gasteiger partial charge in [0.15, 0.2) is 0 Å². The largest absolute Gasteiger partial charge is 0.445 e. The maximum absolute atomic E-state index is 12.4. The van der Waals surface area contributed by atoms with E-state index in [0.29, 0.717) is 6.54 Å². The highest BCUT2D eigenvalue weighted by molar-refractivity contribution is 5.67. The van der Waals surface area contributed by atoms with Crippen LogP contribution >= 0.6 is 0 Å². The predicted octanol–water partition coefficient (Wildman–Crippen LogP) is 4.01. The molecule has 0 spiro atoms. The lowest BCUT2D eigenvalue weighted by molar-refractivity contribution is -0.200. The van der Waals surface area contributed by atoms with Crippen LogP contribution in [0.25, 0.3) is 0 Å². The standard InChI is InChI=1S/C28H48N2O6/c1-2-3-4-5-6-7-8-9-10-11-12-16-19-29-27-24(26(33)25(32)23(20-31)36-27)30-28(34)35-21-22-17-14-13-15-18-22/h13-15,17-18,23-27,29,31-33H,2-12,16,19-21H2,1H3,(H,30,34)/t23-,24-,25+,26-,27-/m1/s1. The van der Waals surface area contributed by atoms with Crippen molar-refractivity contribution in [3.63, 3.8) is 0 Å². The molecule has 0 bridgehead atoms. The number of nitrogens with one attached hydrogen (secondary N) is 2. The molecule has 0 unspecified atom stereocenters. The van der Waals surface area contributed by atoms with E-state index in [1.54, 1.807) is 0 Å². The SMILES string of the molecule is CCCCCCCCCCCCCCN[C@@H]1O[C@H](CO)[C@H](O)[C@H](O)[C@H]1NC(=O)OCc1ccccc1. The number of ether oxygens (including phenoxy) is 2. The third-order valence-electron chi connectivity index (χ3n) is 6.80. The maximum Gasteiger partial charge on any atom is 0.407 e. The van der Waals surface area contributed by atoms with Gasteiger partial charge in [0.2, 0.25) is 0 Å². The summed E-state index contributed by atoms with van der Waals surface area (Å²) in [5, 5.41) is 36.2. The quantitative estimate of drug-likeness (QED) is 0.190. The number of unbranched alkanes of at least 4 members (excludes halogenated alkanes) is 11. The van der Waals surface area contributed by atoms with Gasteiger partial charge in [0, 0.05) is 0 Å². The van der Waals surface area contributed by atoms with Gasteiger partial charge in [-0.3, -0.25) is 5.32 Å². The highest BCUT2D eigenvalue weighted by Crippen LogP contribution is 2.20. The number of hydrogen-bond donors (Lipinski definition) is 5. The van der Waals surface area contributed by atoms with Gasteiger partial charge in [0.25, 0.3) is 0 Å². The molecular weight excluding hydrogens is 460 g/mol. The van der Waals surface area contributed by atoms with E-state index in [1.165, 1.54) is 64.2 Å². The fourth-order valence-electron chi connectivity index (χ4n) is 4.56. The molecule has 1 aromatic carbocycles. The van der Waals surface area contributed by atoms with Gasteiger partial charge in [0.1, 0.15) is 37.2 Å². The Morgan fingerprint density at radius 2 is 1.47 bits per heavy atom. The Labute approximate surface area is 216 Å². The molecule has 0 aromatic heterocycles. The molecule has 1 aliphatic heterocycles. The summed E-state index contributed by atoms with van der Waals surface area (Å²) >= 11 is 0. The van der Waals surface area contributed by atoms with Gasteiger partial charge in [0.05, 0.1) is 6.61 Å². The molecular formula is C28H48N2O6. The zero-order valence-corrected chi connectivity index (χ0v) is 21.9. The first kappa shape index (κ1) is 30.5. The van der Waals surface area contributed by atoms with Crippen molar-refractivity contribution < 1.29 is 29.6 Å². The zero-order chi connectivity index (χ0) is 26.0. The summed E-state index contributed by atoms with van der Waals surface area (Å²) in [5.41, 5.74) is 0.843. The molecule has 0 radical (unpaired) electrons. The summed E-state index contributed by atoms with van der Waals surface area (Å²) in [6, 6.07) is 8.38. The first-order valence-corrected chi connectivity index (χ1v) is 13.9. The molecule has 206 valence electrons. The van der Waals surface area contributed by atoms with Crippen LogP contribution < -0.4 is 10.6 Å². The molecule has 1 aliphatic rings. The minimum Gasteiger partial charge on any atom is -0.445 e. The number of aliphatic hydroxyl groups is 3. The summed E-state index contributed by atoms with van der Waals surface area (Å²) in [6.45, 7) is 2.55. The predicted molar refractivity (Wildman–Crippen MR) is 140 cm³/mol. The summed E-state index contributed by atoms with van der Waals surface area (Å²) < 4.78 is 11.0. The van der Waals surface area contributed by atoms with Crippen molar-refractivity contribution in [2.45, 2.75) is 121 Å². The van der Waals surface area contributed by atoms with Crippen LogP contribution in [0.2, 0.25) is 0 Å². The summed E-state index contributed by atoms with van der Waals surface area (Å²) in [5.74, 6) is 0. The van der Waals surface area contributed by atoms with Gasteiger partial charge >= 0.3 is 6.09 Å². The fourth-order valence-corrected chi connectivity index (χ4v) is 4.56. The van der Waals surface area contributed by atoms with Crippen molar-refractivity contribution in [3.8, 4) is 0 Å². The number of carbonyl (C=O) groups is 1. The fraction of sp³-hybridized carbons (Fsp3) is 0.750. The van der Waals surface area contributed by atoms with Crippen LogP contribution in [0, 0.1) is 0 Å². The summed E-state index contributed by atoms with van der Waals surface area (Å²) in [7, 11) is 0. The zero-order valence-electron chi connectivity index (χ0n) is 21.9. The van der Waals surface area contributed by atoms with Crippen LogP contribution in [0.15, 0.2) is 30.3 Å². The molecule has 0 aliphatic carbocycles. The topological polar surface area (TPSA) is 120 Å². The number of rotatable bonds is 18. The minimum atomic E-state index is -1.32. The molecule has 1 saturated heterocycles. The van der Waals surface area contributed by atoms with E-state index in [2.05, 4.69) is 17.6 Å². The van der Waals surface area contributed by atoms with Gasteiger partial charge in [-0.05, 0) is 18.5 Å². The van der Waals surface area contributed by atoms with Crippen molar-refractivity contribution in [2.24, 2.45) is 0 Å². The Kier molecular flexibility index (Phi) is 15.7. The first-order valence-electron chi connectivity index (χ1n) is 13.9. The van der Waals surface area contributed by atoms with Crippen molar-refractivity contribution in [1.29, 1.82) is 0 Å². The number of benzene rings is 1. The second kappa shape index (κ2) is 18.5. The number of alkyl carbamates (subject to hydrolysis) is 1. The lowest BCUT2D eigenvalue weighted by Gasteiger charge is -2.42. The molecule has 1 heterocycles. The molecule has 0 saturated carbocycles. The van der Waals surface area contributed by atoms with Gasteiger partial charge in [-0.1, -0.05) is 108 Å². The highest BCUT2D eigenvalue weighted by Gasteiger charge is 2.45. The molecule has 1 amide bonds. The maximum atomic E-state index is 12.4. The summed E-state index contributed by atoms with van der Waals surface area (Å²) in [6.07, 6.45) is 10.1. The van der Waals surface area contributed by atoms with Gasteiger partial charge in [-0.25, -0.2) is 4.79 Å². The molecule has 5 atom stereocenters. The molecule has 8 nitrogen and oxygen atoms in total. The van der Waals surface area contributed by atoms with Gasteiger partial charge in [-0.2, -0.15) is 0 Å². The van der Waals surface area contributed by atoms with Crippen molar-refractivity contribution >= 4 is 6.09 Å². The molecule has 36 heavy (non-hydrogen) atoms.